The third-order valence-corrected chi connectivity index (χ3v) is 6.14. The van der Waals surface area contributed by atoms with Gasteiger partial charge >= 0.3 is 0 Å². The van der Waals surface area contributed by atoms with Crippen LogP contribution in [0.4, 0.5) is 0 Å². The van der Waals surface area contributed by atoms with Gasteiger partial charge in [-0.05, 0) is 68.4 Å². The van der Waals surface area contributed by atoms with Gasteiger partial charge in [-0.1, -0.05) is 12.1 Å². The van der Waals surface area contributed by atoms with Gasteiger partial charge in [0.25, 0.3) is 0 Å². The largest absolute Gasteiger partial charge is 0.303 e. The highest BCUT2D eigenvalue weighted by Gasteiger charge is 2.29. The minimum Gasteiger partial charge on any atom is -0.303 e. The number of hydrogen-bond acceptors (Lipinski definition) is 1. The molecule has 0 amide bonds. The molecular formula is C25H26N3+. The quantitative estimate of drug-likeness (QED) is 0.382. The number of imidazole rings is 1. The first-order chi connectivity index (χ1) is 14.6. The van der Waals surface area contributed by atoms with Crippen molar-refractivity contribution in [1.82, 2.24) is 9.55 Å². The van der Waals surface area contributed by atoms with Crippen LogP contribution in [0.15, 0.2) is 36.5 Å². The van der Waals surface area contributed by atoms with Crippen LogP contribution in [0.5, 0.6) is 0 Å². The van der Waals surface area contributed by atoms with E-state index < -0.39 is 6.85 Å². The molecule has 0 radical (unpaired) electrons. The molecule has 2 aromatic carbocycles. The molecule has 1 aliphatic heterocycles. The van der Waals surface area contributed by atoms with Gasteiger partial charge in [-0.3, -0.25) is 0 Å². The molecule has 0 unspecified atom stereocenters. The molecule has 1 aliphatic rings. The normalized spacial score (nSPS) is 14.5. The molecule has 140 valence electrons. The summed E-state index contributed by atoms with van der Waals surface area (Å²) in [6, 6.07) is 10.4. The summed E-state index contributed by atoms with van der Waals surface area (Å²) in [5.41, 5.74) is 9.89. The first-order valence-corrected chi connectivity index (χ1v) is 9.69. The van der Waals surface area contributed by atoms with Crippen molar-refractivity contribution in [2.24, 2.45) is 7.05 Å². The van der Waals surface area contributed by atoms with Gasteiger partial charge in [0.1, 0.15) is 12.9 Å². The van der Waals surface area contributed by atoms with Crippen molar-refractivity contribution < 1.29 is 8.68 Å². The summed E-state index contributed by atoms with van der Waals surface area (Å²) in [4.78, 5) is 4.68. The SMILES string of the molecule is [2H]C([2H])([2H])c1cc2c(c(-c3cc(C)c4c(C)cccc4[n+]3C)c1C)Cc1nc(C)cn1-2. The Morgan fingerprint density at radius 3 is 2.68 bits per heavy atom. The van der Waals surface area contributed by atoms with E-state index in [0.29, 0.717) is 12.0 Å². The molecule has 4 aromatic rings. The average Bonchev–Trinajstić information content (AvgIpc) is 3.19. The molecule has 5 rings (SSSR count). The molecule has 0 saturated heterocycles. The fourth-order valence-corrected chi connectivity index (χ4v) is 4.79. The molecule has 0 aliphatic carbocycles. The molecule has 3 nitrogen and oxygen atoms in total. The number of hydrogen-bond donors (Lipinski definition) is 0. The molecule has 28 heavy (non-hydrogen) atoms. The third-order valence-electron chi connectivity index (χ3n) is 6.14. The Hall–Kier alpha value is -2.94. The summed E-state index contributed by atoms with van der Waals surface area (Å²) in [5, 5.41) is 1.25. The van der Waals surface area contributed by atoms with E-state index in [9.17, 15) is 0 Å². The van der Waals surface area contributed by atoms with Crippen molar-refractivity contribution in [1.29, 1.82) is 0 Å². The Morgan fingerprint density at radius 1 is 1.07 bits per heavy atom. The van der Waals surface area contributed by atoms with Crippen LogP contribution in [0.1, 0.15) is 43.4 Å². The van der Waals surface area contributed by atoms with Crippen LogP contribution in [-0.2, 0) is 13.5 Å². The number of aryl methyl sites for hydroxylation is 5. The maximum atomic E-state index is 8.18. The van der Waals surface area contributed by atoms with Crippen molar-refractivity contribution in [3.63, 3.8) is 0 Å². The van der Waals surface area contributed by atoms with Gasteiger partial charge in [0, 0.05) is 28.9 Å². The summed E-state index contributed by atoms with van der Waals surface area (Å²) in [7, 11) is 2.07. The lowest BCUT2D eigenvalue weighted by Gasteiger charge is -2.16. The van der Waals surface area contributed by atoms with Crippen LogP contribution in [-0.4, -0.2) is 9.55 Å². The molecule has 3 heterocycles. The summed E-state index contributed by atoms with van der Waals surface area (Å²) in [6.07, 6.45) is 2.70. The van der Waals surface area contributed by atoms with E-state index in [4.69, 9.17) is 4.11 Å². The molecule has 0 bridgehead atoms. The van der Waals surface area contributed by atoms with Gasteiger partial charge in [-0.15, -0.1) is 0 Å². The lowest BCUT2D eigenvalue weighted by molar-refractivity contribution is -0.633. The highest BCUT2D eigenvalue weighted by molar-refractivity contribution is 5.86. The molecule has 0 fully saturated rings. The summed E-state index contributed by atoms with van der Waals surface area (Å²) >= 11 is 0. The second kappa shape index (κ2) is 5.78. The Labute approximate surface area is 170 Å². The zero-order valence-corrected chi connectivity index (χ0v) is 17.0. The zero-order chi connectivity index (χ0) is 22.2. The van der Waals surface area contributed by atoms with Gasteiger partial charge in [0.2, 0.25) is 11.2 Å². The van der Waals surface area contributed by atoms with Gasteiger partial charge in [0.05, 0.1) is 22.3 Å². The van der Waals surface area contributed by atoms with Crippen LogP contribution in [0.2, 0.25) is 0 Å². The highest BCUT2D eigenvalue weighted by Crippen LogP contribution is 2.39. The molecule has 0 spiro atoms. The smallest absolute Gasteiger partial charge is 0.213 e. The van der Waals surface area contributed by atoms with Gasteiger partial charge in [-0.25, -0.2) is 4.98 Å². The molecule has 3 heteroatoms. The Morgan fingerprint density at radius 2 is 1.89 bits per heavy atom. The molecule has 0 saturated carbocycles. The van der Waals surface area contributed by atoms with Crippen molar-refractivity contribution in [2.45, 2.75) is 41.0 Å². The van der Waals surface area contributed by atoms with Crippen molar-refractivity contribution in [3.8, 4) is 16.9 Å². The number of rotatable bonds is 1. The second-order valence-corrected chi connectivity index (χ2v) is 8.01. The van der Waals surface area contributed by atoms with E-state index in [1.165, 1.54) is 16.5 Å². The fourth-order valence-electron chi connectivity index (χ4n) is 4.79. The van der Waals surface area contributed by atoms with Crippen LogP contribution in [0.3, 0.4) is 0 Å². The van der Waals surface area contributed by atoms with Crippen molar-refractivity contribution >= 4 is 10.9 Å². The van der Waals surface area contributed by atoms with Crippen LogP contribution >= 0.6 is 0 Å². The first kappa shape index (κ1) is 14.1. The maximum absolute atomic E-state index is 8.18. The molecular weight excluding hydrogens is 342 g/mol. The van der Waals surface area contributed by atoms with Crippen molar-refractivity contribution in [3.05, 3.63) is 75.9 Å². The lowest BCUT2D eigenvalue weighted by atomic mass is 9.91. The summed E-state index contributed by atoms with van der Waals surface area (Å²) in [5.74, 6) is 0.965. The van der Waals surface area contributed by atoms with Crippen LogP contribution < -0.4 is 4.57 Å². The average molecular weight is 372 g/mol. The topological polar surface area (TPSA) is 21.7 Å². The third kappa shape index (κ3) is 2.22. The summed E-state index contributed by atoms with van der Waals surface area (Å²) in [6.45, 7) is 6.00. The van der Waals surface area contributed by atoms with E-state index in [1.807, 2.05) is 26.1 Å². The van der Waals surface area contributed by atoms with Crippen LogP contribution in [0.25, 0.3) is 27.8 Å². The Balaban J connectivity index is 1.90. The number of aromatic nitrogens is 3. The second-order valence-electron chi connectivity index (χ2n) is 8.01. The molecule has 0 N–H and O–H groups in total. The van der Waals surface area contributed by atoms with E-state index >= 15 is 0 Å². The van der Waals surface area contributed by atoms with Crippen molar-refractivity contribution in [2.75, 3.05) is 0 Å². The van der Waals surface area contributed by atoms with E-state index in [-0.39, 0.29) is 0 Å². The number of nitrogens with zero attached hydrogens (tertiary/aromatic N) is 3. The predicted molar refractivity (Wildman–Crippen MR) is 114 cm³/mol. The Bertz CT molecular complexity index is 1390. The fraction of sp³-hybridized carbons (Fsp3) is 0.280. The van der Waals surface area contributed by atoms with E-state index in [2.05, 4.69) is 59.3 Å². The highest BCUT2D eigenvalue weighted by atomic mass is 15.1. The number of benzene rings is 2. The maximum Gasteiger partial charge on any atom is 0.213 e. The van der Waals surface area contributed by atoms with Gasteiger partial charge < -0.3 is 4.57 Å². The molecule has 2 aromatic heterocycles. The molecule has 0 atom stereocenters. The number of pyridine rings is 1. The van der Waals surface area contributed by atoms with E-state index in [0.717, 1.165) is 45.1 Å². The minimum atomic E-state index is -2.19. The van der Waals surface area contributed by atoms with Crippen LogP contribution in [0, 0.1) is 34.5 Å². The first-order valence-electron chi connectivity index (χ1n) is 11.2. The van der Waals surface area contributed by atoms with Gasteiger partial charge in [-0.2, -0.15) is 4.57 Å². The number of fused-ring (bicyclic) bond motifs is 4. The standard InChI is InChI=1S/C25H26N3/c1-14-8-7-9-20-24(14)16(3)11-22(27(20)6)25-18(5)15(2)10-21-19(25)12-23-26-17(4)13-28(21)23/h7-11,13H,12H2,1-6H3/q+1/i2D3. The summed E-state index contributed by atoms with van der Waals surface area (Å²) < 4.78 is 28.8. The predicted octanol–water partition coefficient (Wildman–Crippen LogP) is 4.96. The lowest BCUT2D eigenvalue weighted by Crippen LogP contribution is -2.33. The Kier molecular flexibility index (Phi) is 2.91. The zero-order valence-electron chi connectivity index (χ0n) is 20.0. The monoisotopic (exact) mass is 371 g/mol. The van der Waals surface area contributed by atoms with Gasteiger partial charge in [0.15, 0.2) is 0 Å². The van der Waals surface area contributed by atoms with E-state index in [1.54, 1.807) is 0 Å². The minimum absolute atomic E-state index is 0.405.